The highest BCUT2D eigenvalue weighted by atomic mass is 32.1. The highest BCUT2D eigenvalue weighted by Gasteiger charge is 2.24. The Hall–Kier alpha value is -2.00. The summed E-state index contributed by atoms with van der Waals surface area (Å²) in [7, 11) is 0. The number of carbonyl (C=O) groups is 1. The Balaban J connectivity index is 1.71. The first-order valence-electron chi connectivity index (χ1n) is 7.15. The summed E-state index contributed by atoms with van der Waals surface area (Å²) in [5, 5.41) is 10.1. The monoisotopic (exact) mass is 323 g/mol. The van der Waals surface area contributed by atoms with E-state index < -0.39 is 5.69 Å². The molecule has 1 aliphatic rings. The second kappa shape index (κ2) is 6.41. The van der Waals surface area contributed by atoms with Crippen LogP contribution >= 0.6 is 11.3 Å². The molecule has 0 aromatic carbocycles. The SMILES string of the molecule is CCC1CN(C(=O)Cn2nnn(-c3cccs3)c2=O)CCO1. The molecule has 1 saturated heterocycles. The molecule has 1 unspecified atom stereocenters. The van der Waals surface area contributed by atoms with Crippen molar-refractivity contribution in [1.82, 2.24) is 24.7 Å². The Labute approximate surface area is 130 Å². The molecular weight excluding hydrogens is 306 g/mol. The zero-order valence-electron chi connectivity index (χ0n) is 12.2. The van der Waals surface area contributed by atoms with Gasteiger partial charge in [-0.2, -0.15) is 9.36 Å². The Kier molecular flexibility index (Phi) is 4.34. The van der Waals surface area contributed by atoms with Gasteiger partial charge in [0, 0.05) is 13.1 Å². The van der Waals surface area contributed by atoms with Crippen molar-refractivity contribution in [3.05, 3.63) is 28.0 Å². The van der Waals surface area contributed by atoms with Crippen LogP contribution in [0.25, 0.3) is 5.00 Å². The maximum absolute atomic E-state index is 12.3. The molecule has 1 aliphatic heterocycles. The van der Waals surface area contributed by atoms with Gasteiger partial charge in [0.15, 0.2) is 0 Å². The number of tetrazole rings is 1. The van der Waals surface area contributed by atoms with Crippen LogP contribution in [0.2, 0.25) is 0 Å². The molecule has 1 fully saturated rings. The Bertz CT molecular complexity index is 693. The number of morpholine rings is 1. The van der Waals surface area contributed by atoms with Gasteiger partial charge >= 0.3 is 5.69 Å². The van der Waals surface area contributed by atoms with Crippen LogP contribution in [0.4, 0.5) is 0 Å². The van der Waals surface area contributed by atoms with E-state index >= 15 is 0 Å². The van der Waals surface area contributed by atoms with Crippen LogP contribution in [-0.2, 0) is 16.1 Å². The van der Waals surface area contributed by atoms with Crippen molar-refractivity contribution in [2.45, 2.75) is 26.0 Å². The lowest BCUT2D eigenvalue weighted by Gasteiger charge is -2.32. The minimum atomic E-state index is -0.406. The van der Waals surface area contributed by atoms with E-state index in [0.29, 0.717) is 24.7 Å². The van der Waals surface area contributed by atoms with Crippen molar-refractivity contribution in [3.8, 4) is 5.00 Å². The van der Waals surface area contributed by atoms with E-state index in [4.69, 9.17) is 4.74 Å². The van der Waals surface area contributed by atoms with E-state index in [1.54, 1.807) is 11.0 Å². The number of hydrogen-bond acceptors (Lipinski definition) is 6. The molecule has 0 bridgehead atoms. The molecule has 22 heavy (non-hydrogen) atoms. The highest BCUT2D eigenvalue weighted by Crippen LogP contribution is 2.11. The van der Waals surface area contributed by atoms with Crippen LogP contribution in [0.5, 0.6) is 0 Å². The van der Waals surface area contributed by atoms with Crippen LogP contribution in [0.3, 0.4) is 0 Å². The maximum atomic E-state index is 12.3. The summed E-state index contributed by atoms with van der Waals surface area (Å²) < 4.78 is 7.84. The smallest absolute Gasteiger partial charge is 0.369 e. The van der Waals surface area contributed by atoms with E-state index in [1.807, 2.05) is 18.4 Å². The van der Waals surface area contributed by atoms with Crippen molar-refractivity contribution >= 4 is 17.2 Å². The normalized spacial score (nSPS) is 18.6. The van der Waals surface area contributed by atoms with Crippen LogP contribution in [0.1, 0.15) is 13.3 Å². The molecule has 8 nitrogen and oxygen atoms in total. The van der Waals surface area contributed by atoms with Gasteiger partial charge in [0.2, 0.25) is 5.91 Å². The third-order valence-corrected chi connectivity index (χ3v) is 4.43. The van der Waals surface area contributed by atoms with Crippen molar-refractivity contribution < 1.29 is 9.53 Å². The van der Waals surface area contributed by atoms with Gasteiger partial charge in [-0.3, -0.25) is 4.79 Å². The second-order valence-corrected chi connectivity index (χ2v) is 5.95. The van der Waals surface area contributed by atoms with Gasteiger partial charge in [0.05, 0.1) is 12.7 Å². The number of rotatable bonds is 4. The molecule has 3 rings (SSSR count). The lowest BCUT2D eigenvalue weighted by molar-refractivity contribution is -0.139. The Morgan fingerprint density at radius 2 is 2.36 bits per heavy atom. The molecule has 1 amide bonds. The maximum Gasteiger partial charge on any atom is 0.369 e. The Morgan fingerprint density at radius 3 is 3.09 bits per heavy atom. The van der Waals surface area contributed by atoms with Gasteiger partial charge in [-0.15, -0.1) is 11.3 Å². The van der Waals surface area contributed by atoms with E-state index in [-0.39, 0.29) is 18.6 Å². The highest BCUT2D eigenvalue weighted by molar-refractivity contribution is 7.12. The molecule has 9 heteroatoms. The quantitative estimate of drug-likeness (QED) is 0.799. The van der Waals surface area contributed by atoms with Crippen molar-refractivity contribution in [2.75, 3.05) is 19.7 Å². The number of hydrogen-bond donors (Lipinski definition) is 0. The van der Waals surface area contributed by atoms with Crippen molar-refractivity contribution in [1.29, 1.82) is 0 Å². The first-order chi connectivity index (χ1) is 10.7. The minimum absolute atomic E-state index is 0.0659. The van der Waals surface area contributed by atoms with Crippen LogP contribution in [-0.4, -0.2) is 56.4 Å². The molecule has 2 aromatic heterocycles. The van der Waals surface area contributed by atoms with E-state index in [2.05, 4.69) is 10.4 Å². The average Bonchev–Trinajstić information content (AvgIpc) is 3.18. The van der Waals surface area contributed by atoms with Gasteiger partial charge in [-0.25, -0.2) is 4.79 Å². The molecule has 0 saturated carbocycles. The predicted molar refractivity (Wildman–Crippen MR) is 80.1 cm³/mol. The molecule has 0 aliphatic carbocycles. The summed E-state index contributed by atoms with van der Waals surface area (Å²) in [6.45, 7) is 3.56. The zero-order valence-corrected chi connectivity index (χ0v) is 13.0. The van der Waals surface area contributed by atoms with Gasteiger partial charge in [-0.05, 0) is 34.4 Å². The lowest BCUT2D eigenvalue weighted by atomic mass is 10.2. The van der Waals surface area contributed by atoms with E-state index in [1.165, 1.54) is 16.0 Å². The number of nitrogens with zero attached hydrogens (tertiary/aromatic N) is 5. The summed E-state index contributed by atoms with van der Waals surface area (Å²) in [4.78, 5) is 26.2. The number of carbonyl (C=O) groups excluding carboxylic acids is 1. The van der Waals surface area contributed by atoms with Crippen LogP contribution < -0.4 is 5.69 Å². The fourth-order valence-corrected chi connectivity index (χ4v) is 2.99. The van der Waals surface area contributed by atoms with E-state index in [9.17, 15) is 9.59 Å². The fraction of sp³-hybridized carbons (Fsp3) is 0.538. The van der Waals surface area contributed by atoms with Crippen molar-refractivity contribution in [3.63, 3.8) is 0 Å². The standard InChI is InChI=1S/C13H17N5O3S/c1-2-10-8-16(5-6-21-10)11(19)9-17-13(20)18(15-14-17)12-4-3-7-22-12/h3-4,7,10H,2,5-6,8-9H2,1H3. The van der Waals surface area contributed by atoms with E-state index in [0.717, 1.165) is 11.1 Å². The summed E-state index contributed by atoms with van der Waals surface area (Å²) in [5.74, 6) is -0.137. The fourth-order valence-electron chi connectivity index (χ4n) is 2.32. The third kappa shape index (κ3) is 2.95. The number of amides is 1. The second-order valence-electron chi connectivity index (χ2n) is 5.02. The predicted octanol–water partition coefficient (Wildman–Crippen LogP) is 0.128. The average molecular weight is 323 g/mol. The van der Waals surface area contributed by atoms with Gasteiger partial charge in [0.25, 0.3) is 0 Å². The zero-order chi connectivity index (χ0) is 15.5. The summed E-state index contributed by atoms with van der Waals surface area (Å²) in [6, 6.07) is 3.61. The summed E-state index contributed by atoms with van der Waals surface area (Å²) in [6.07, 6.45) is 0.925. The molecule has 0 spiro atoms. The first kappa shape index (κ1) is 14.9. The molecule has 1 atom stereocenters. The minimum Gasteiger partial charge on any atom is -0.375 e. The summed E-state index contributed by atoms with van der Waals surface area (Å²) >= 11 is 1.39. The number of ether oxygens (including phenoxy) is 1. The van der Waals surface area contributed by atoms with Crippen LogP contribution in [0.15, 0.2) is 22.3 Å². The molecule has 3 heterocycles. The van der Waals surface area contributed by atoms with Crippen molar-refractivity contribution in [2.24, 2.45) is 0 Å². The molecule has 0 N–H and O–H groups in total. The number of aromatic nitrogens is 4. The molecular formula is C13H17N5O3S. The molecule has 2 aromatic rings. The number of thiophene rings is 1. The largest absolute Gasteiger partial charge is 0.375 e. The van der Waals surface area contributed by atoms with Gasteiger partial charge in [-0.1, -0.05) is 6.92 Å². The lowest BCUT2D eigenvalue weighted by Crippen LogP contribution is -2.47. The molecule has 118 valence electrons. The molecule has 0 radical (unpaired) electrons. The topological polar surface area (TPSA) is 82.3 Å². The van der Waals surface area contributed by atoms with Crippen LogP contribution in [0, 0.1) is 0 Å². The van der Waals surface area contributed by atoms with Gasteiger partial charge < -0.3 is 9.64 Å². The third-order valence-electron chi connectivity index (χ3n) is 3.59. The summed E-state index contributed by atoms with van der Waals surface area (Å²) in [5.41, 5.74) is -0.406. The first-order valence-corrected chi connectivity index (χ1v) is 8.03. The Morgan fingerprint density at radius 1 is 1.50 bits per heavy atom. The van der Waals surface area contributed by atoms with Gasteiger partial charge in [0.1, 0.15) is 11.5 Å².